The topological polar surface area (TPSA) is 121 Å². The van der Waals surface area contributed by atoms with Gasteiger partial charge in [0.2, 0.25) is 10.0 Å². The van der Waals surface area contributed by atoms with Crippen molar-refractivity contribution in [2.45, 2.75) is 12.6 Å². The Balaban J connectivity index is 1.85. The Morgan fingerprint density at radius 1 is 1.06 bits per heavy atom. The van der Waals surface area contributed by atoms with Crippen molar-refractivity contribution in [2.75, 3.05) is 19.9 Å². The zero-order valence-electron chi connectivity index (χ0n) is 18.5. The monoisotopic (exact) mass is 507 g/mol. The van der Waals surface area contributed by atoms with Crippen LogP contribution in [0.1, 0.15) is 16.7 Å². The highest BCUT2D eigenvalue weighted by Crippen LogP contribution is 2.45. The third-order valence-corrected chi connectivity index (χ3v) is 6.25. The molecular formula is C23H20F3N3O5S. The lowest BCUT2D eigenvalue weighted by molar-refractivity contribution is -0.138. The van der Waals surface area contributed by atoms with Crippen molar-refractivity contribution >= 4 is 15.6 Å². The van der Waals surface area contributed by atoms with Crippen molar-refractivity contribution in [1.29, 1.82) is 0 Å². The van der Waals surface area contributed by atoms with Crippen LogP contribution in [-0.4, -0.2) is 38.3 Å². The lowest BCUT2D eigenvalue weighted by Gasteiger charge is -2.19. The molecule has 0 saturated carbocycles. The van der Waals surface area contributed by atoms with Crippen LogP contribution in [0.15, 0.2) is 52.2 Å². The average Bonchev–Trinajstić information content (AvgIpc) is 3.18. The first-order valence-corrected chi connectivity index (χ1v) is 12.2. The number of fused-ring (bicyclic) bond motifs is 1. The molecule has 0 atom stereocenters. The van der Waals surface area contributed by atoms with Crippen LogP contribution in [0.3, 0.4) is 0 Å². The first kappa shape index (κ1) is 24.5. The van der Waals surface area contributed by atoms with Gasteiger partial charge in [-0.25, -0.2) is 17.9 Å². The molecule has 1 aliphatic carbocycles. The number of allylic oxidation sites excluding steroid dienone is 1. The zero-order valence-corrected chi connectivity index (χ0v) is 19.4. The van der Waals surface area contributed by atoms with E-state index in [1.807, 2.05) is 11.1 Å². The van der Waals surface area contributed by atoms with Gasteiger partial charge < -0.3 is 9.72 Å². The number of benzene rings is 2. The molecule has 3 N–H and O–H groups in total. The van der Waals surface area contributed by atoms with Gasteiger partial charge in [-0.1, -0.05) is 24.3 Å². The van der Waals surface area contributed by atoms with E-state index < -0.39 is 38.8 Å². The van der Waals surface area contributed by atoms with E-state index in [2.05, 4.69) is 9.71 Å². The third kappa shape index (κ3) is 5.08. The van der Waals surface area contributed by atoms with Crippen LogP contribution in [0.5, 0.6) is 5.75 Å². The second kappa shape index (κ2) is 8.86. The predicted octanol–water partition coefficient (Wildman–Crippen LogP) is 2.91. The summed E-state index contributed by atoms with van der Waals surface area (Å²) < 4.78 is 72.3. The van der Waals surface area contributed by atoms with Crippen molar-refractivity contribution in [3.8, 4) is 28.0 Å². The van der Waals surface area contributed by atoms with E-state index in [4.69, 9.17) is 4.74 Å². The summed E-state index contributed by atoms with van der Waals surface area (Å²) in [5.41, 5.74) is -0.0201. The zero-order chi connectivity index (χ0) is 25.5. The Morgan fingerprint density at radius 2 is 1.80 bits per heavy atom. The summed E-state index contributed by atoms with van der Waals surface area (Å²) >= 11 is 0. The first-order valence-electron chi connectivity index (χ1n) is 10.3. The highest BCUT2D eigenvalue weighted by atomic mass is 32.2. The van der Waals surface area contributed by atoms with Crippen LogP contribution in [0, 0.1) is 0 Å². The van der Waals surface area contributed by atoms with E-state index in [1.54, 1.807) is 18.2 Å². The van der Waals surface area contributed by atoms with Crippen molar-refractivity contribution in [1.82, 2.24) is 14.7 Å². The number of aromatic amines is 2. The van der Waals surface area contributed by atoms with Gasteiger partial charge in [0.15, 0.2) is 0 Å². The molecule has 1 aliphatic rings. The molecule has 0 bridgehead atoms. The predicted molar refractivity (Wildman–Crippen MR) is 125 cm³/mol. The summed E-state index contributed by atoms with van der Waals surface area (Å²) in [7, 11) is -2.27. The van der Waals surface area contributed by atoms with E-state index in [-0.39, 0.29) is 23.2 Å². The fourth-order valence-corrected chi connectivity index (χ4v) is 4.43. The summed E-state index contributed by atoms with van der Waals surface area (Å²) in [4.78, 5) is 27.9. The van der Waals surface area contributed by atoms with Crippen LogP contribution in [0.25, 0.3) is 27.8 Å². The molecule has 0 radical (unpaired) electrons. The molecule has 2 aromatic carbocycles. The molecule has 0 amide bonds. The first-order chi connectivity index (χ1) is 16.4. The van der Waals surface area contributed by atoms with Crippen LogP contribution in [0.2, 0.25) is 0 Å². The second-order valence-electron chi connectivity index (χ2n) is 7.99. The molecule has 0 saturated heterocycles. The number of H-pyrrole nitrogens is 2. The normalized spacial score (nSPS) is 13.5. The SMILES string of the molecule is COc1c(-c2ccc3c(c2)CC=C3CNS(C)(=O)=O)cc(-c2c[nH]c(=O)[nH]c2=O)cc1C(F)(F)F. The summed E-state index contributed by atoms with van der Waals surface area (Å²) in [6.07, 6.45) is -0.356. The van der Waals surface area contributed by atoms with Crippen LogP contribution in [0.4, 0.5) is 13.2 Å². The van der Waals surface area contributed by atoms with Gasteiger partial charge in [0, 0.05) is 18.3 Å². The third-order valence-electron chi connectivity index (χ3n) is 5.58. The van der Waals surface area contributed by atoms with Crippen LogP contribution >= 0.6 is 0 Å². The fourth-order valence-electron chi connectivity index (χ4n) is 4.02. The van der Waals surface area contributed by atoms with Crippen LogP contribution in [-0.2, 0) is 22.6 Å². The van der Waals surface area contributed by atoms with E-state index in [0.717, 1.165) is 42.3 Å². The Bertz CT molecular complexity index is 1570. The summed E-state index contributed by atoms with van der Waals surface area (Å²) in [5.74, 6) is -0.410. The molecule has 1 aromatic heterocycles. The van der Waals surface area contributed by atoms with E-state index in [1.165, 1.54) is 6.07 Å². The number of hydrogen-bond acceptors (Lipinski definition) is 5. The maximum absolute atomic E-state index is 14.0. The molecule has 184 valence electrons. The fraction of sp³-hybridized carbons (Fsp3) is 0.217. The number of aromatic nitrogens is 2. The molecule has 0 fully saturated rings. The van der Waals surface area contributed by atoms with E-state index in [9.17, 15) is 31.2 Å². The molecule has 3 aromatic rings. The number of nitrogens with one attached hydrogen (secondary N) is 3. The lowest BCUT2D eigenvalue weighted by Crippen LogP contribution is -2.23. The van der Waals surface area contributed by atoms with Crippen molar-refractivity contribution in [2.24, 2.45) is 0 Å². The number of rotatable bonds is 6. The number of ether oxygens (including phenoxy) is 1. The Morgan fingerprint density at radius 3 is 2.43 bits per heavy atom. The van der Waals surface area contributed by atoms with Gasteiger partial charge in [-0.2, -0.15) is 13.2 Å². The van der Waals surface area contributed by atoms with Crippen molar-refractivity contribution in [3.63, 3.8) is 0 Å². The lowest BCUT2D eigenvalue weighted by atomic mass is 9.93. The van der Waals surface area contributed by atoms with Gasteiger partial charge in [-0.3, -0.25) is 9.78 Å². The smallest absolute Gasteiger partial charge is 0.420 e. The van der Waals surface area contributed by atoms with Gasteiger partial charge in [-0.15, -0.1) is 0 Å². The summed E-state index contributed by atoms with van der Waals surface area (Å²) in [5, 5.41) is 0. The molecule has 0 aliphatic heterocycles. The molecule has 0 unspecified atom stereocenters. The Labute approximate surface area is 197 Å². The maximum Gasteiger partial charge on any atom is 0.420 e. The number of halogens is 3. The molecule has 35 heavy (non-hydrogen) atoms. The minimum Gasteiger partial charge on any atom is -0.495 e. The van der Waals surface area contributed by atoms with E-state index in [0.29, 0.717) is 12.0 Å². The molecule has 12 heteroatoms. The Hall–Kier alpha value is -3.64. The minimum absolute atomic E-state index is 0.0534. The van der Waals surface area contributed by atoms with Crippen LogP contribution < -0.4 is 20.7 Å². The van der Waals surface area contributed by atoms with Gasteiger partial charge in [0.25, 0.3) is 5.56 Å². The van der Waals surface area contributed by atoms with Crippen molar-refractivity contribution < 1.29 is 26.3 Å². The standard InChI is InChI=1S/C23H20F3N3O5S/c1-34-20-17(13-5-6-16-12(7-13)3-4-14(16)10-28-35(2,32)33)8-15(9-19(20)23(24,25)26)18-11-27-22(31)29-21(18)30/h4-9,11,28H,3,10H2,1-2H3,(H2,27,29,30,31). The molecule has 4 rings (SSSR count). The van der Waals surface area contributed by atoms with Gasteiger partial charge in [0.05, 0.1) is 24.5 Å². The maximum atomic E-state index is 14.0. The van der Waals surface area contributed by atoms with Gasteiger partial charge in [0.1, 0.15) is 5.75 Å². The summed E-state index contributed by atoms with van der Waals surface area (Å²) in [6.45, 7) is 0.0944. The number of alkyl halides is 3. The Kier molecular flexibility index (Phi) is 6.20. The highest BCUT2D eigenvalue weighted by Gasteiger charge is 2.36. The van der Waals surface area contributed by atoms with Gasteiger partial charge >= 0.3 is 11.9 Å². The number of methoxy groups -OCH3 is 1. The molecule has 8 nitrogen and oxygen atoms in total. The quantitative estimate of drug-likeness (QED) is 0.474. The van der Waals surface area contributed by atoms with E-state index >= 15 is 0 Å². The van der Waals surface area contributed by atoms with Crippen molar-refractivity contribution in [3.05, 3.63) is 80.1 Å². The molecule has 1 heterocycles. The van der Waals surface area contributed by atoms with Gasteiger partial charge in [-0.05, 0) is 46.4 Å². The average molecular weight is 507 g/mol. The minimum atomic E-state index is -4.78. The largest absolute Gasteiger partial charge is 0.495 e. The number of hydrogen-bond donors (Lipinski definition) is 3. The molecular weight excluding hydrogens is 487 g/mol. The second-order valence-corrected chi connectivity index (χ2v) is 9.82. The highest BCUT2D eigenvalue weighted by molar-refractivity contribution is 7.88. The summed E-state index contributed by atoms with van der Waals surface area (Å²) in [6, 6.07) is 7.22. The number of sulfonamides is 1. The molecule has 0 spiro atoms.